The van der Waals surface area contributed by atoms with Crippen LogP contribution in [-0.4, -0.2) is 20.2 Å². The van der Waals surface area contributed by atoms with Gasteiger partial charge in [0.05, 0.1) is 14.2 Å². The third-order valence-electron chi connectivity index (χ3n) is 2.53. The summed E-state index contributed by atoms with van der Waals surface area (Å²) < 4.78 is 9.85. The highest BCUT2D eigenvalue weighted by Crippen LogP contribution is 2.32. The van der Waals surface area contributed by atoms with Gasteiger partial charge in [0, 0.05) is 10.5 Å². The number of thioether (sulfide) groups is 1. The van der Waals surface area contributed by atoms with Gasteiger partial charge in [-0.15, -0.1) is 0 Å². The molecule has 0 saturated carbocycles. The number of hydrogen-bond acceptors (Lipinski definition) is 4. The van der Waals surface area contributed by atoms with Crippen LogP contribution in [0.1, 0.15) is 20.3 Å². The molecule has 0 atom stereocenters. The zero-order valence-corrected chi connectivity index (χ0v) is 12.0. The maximum absolute atomic E-state index is 11.5. The van der Waals surface area contributed by atoms with Crippen molar-refractivity contribution in [1.82, 2.24) is 0 Å². The SMILES string of the molecule is CCC(Sc1ccc(OC)cc1)=C(C)C(=O)OC. The lowest BCUT2D eigenvalue weighted by molar-refractivity contribution is -0.136. The van der Waals surface area contributed by atoms with Crippen LogP contribution in [0.3, 0.4) is 0 Å². The fourth-order valence-corrected chi connectivity index (χ4v) is 2.40. The fraction of sp³-hybridized carbons (Fsp3) is 0.357. The first-order valence-corrected chi connectivity index (χ1v) is 6.54. The number of carbonyl (C=O) groups is 1. The lowest BCUT2D eigenvalue weighted by Crippen LogP contribution is -2.03. The van der Waals surface area contributed by atoms with Crippen LogP contribution in [-0.2, 0) is 9.53 Å². The first kappa shape index (κ1) is 14.6. The summed E-state index contributed by atoms with van der Waals surface area (Å²) in [6.45, 7) is 3.82. The summed E-state index contributed by atoms with van der Waals surface area (Å²) in [5.74, 6) is 0.555. The van der Waals surface area contributed by atoms with Crippen LogP contribution >= 0.6 is 11.8 Å². The average molecular weight is 266 g/mol. The van der Waals surface area contributed by atoms with Gasteiger partial charge in [-0.3, -0.25) is 0 Å². The molecule has 1 rings (SSSR count). The van der Waals surface area contributed by atoms with Crippen molar-refractivity contribution >= 4 is 17.7 Å². The van der Waals surface area contributed by atoms with E-state index >= 15 is 0 Å². The minimum atomic E-state index is -0.270. The molecule has 18 heavy (non-hydrogen) atoms. The van der Waals surface area contributed by atoms with E-state index in [-0.39, 0.29) is 5.97 Å². The lowest BCUT2D eigenvalue weighted by Gasteiger charge is -2.09. The standard InChI is InChI=1S/C14H18O3S/c1-5-13(10(2)14(15)17-4)18-12-8-6-11(16-3)7-9-12/h6-9H,5H2,1-4H3. The topological polar surface area (TPSA) is 35.5 Å². The van der Waals surface area contributed by atoms with Gasteiger partial charge >= 0.3 is 5.97 Å². The second kappa shape index (κ2) is 7.11. The molecule has 0 unspecified atom stereocenters. The Balaban J connectivity index is 2.88. The van der Waals surface area contributed by atoms with Gasteiger partial charge in [-0.1, -0.05) is 18.7 Å². The molecule has 98 valence electrons. The number of hydrogen-bond donors (Lipinski definition) is 0. The van der Waals surface area contributed by atoms with Gasteiger partial charge < -0.3 is 9.47 Å². The monoisotopic (exact) mass is 266 g/mol. The molecule has 1 aromatic carbocycles. The van der Waals surface area contributed by atoms with E-state index < -0.39 is 0 Å². The van der Waals surface area contributed by atoms with E-state index in [4.69, 9.17) is 9.47 Å². The fourth-order valence-electron chi connectivity index (χ4n) is 1.47. The number of allylic oxidation sites excluding steroid dienone is 1. The van der Waals surface area contributed by atoms with Gasteiger partial charge in [0.2, 0.25) is 0 Å². The Hall–Kier alpha value is -1.42. The molecule has 0 aliphatic heterocycles. The number of benzene rings is 1. The molecule has 1 aromatic rings. The van der Waals surface area contributed by atoms with Crippen LogP contribution in [0.5, 0.6) is 5.75 Å². The zero-order chi connectivity index (χ0) is 13.5. The minimum Gasteiger partial charge on any atom is -0.497 e. The van der Waals surface area contributed by atoms with E-state index in [9.17, 15) is 4.79 Å². The van der Waals surface area contributed by atoms with Gasteiger partial charge in [0.15, 0.2) is 0 Å². The second-order valence-corrected chi connectivity index (χ2v) is 4.84. The molecule has 0 aromatic heterocycles. The van der Waals surface area contributed by atoms with Gasteiger partial charge in [-0.05, 0) is 42.5 Å². The highest BCUT2D eigenvalue weighted by Gasteiger charge is 2.11. The highest BCUT2D eigenvalue weighted by molar-refractivity contribution is 8.03. The Morgan fingerprint density at radius 3 is 2.28 bits per heavy atom. The Kier molecular flexibility index (Phi) is 5.78. The summed E-state index contributed by atoms with van der Waals surface area (Å²) in [4.78, 5) is 13.6. The Morgan fingerprint density at radius 2 is 1.83 bits per heavy atom. The average Bonchev–Trinajstić information content (AvgIpc) is 2.43. The van der Waals surface area contributed by atoms with Crippen molar-refractivity contribution in [2.45, 2.75) is 25.2 Å². The normalized spacial score (nSPS) is 11.8. The van der Waals surface area contributed by atoms with E-state index in [1.165, 1.54) is 7.11 Å². The Bertz CT molecular complexity index is 435. The Morgan fingerprint density at radius 1 is 1.22 bits per heavy atom. The van der Waals surface area contributed by atoms with Gasteiger partial charge in [-0.2, -0.15) is 0 Å². The van der Waals surface area contributed by atoms with Crippen molar-refractivity contribution in [2.24, 2.45) is 0 Å². The first-order chi connectivity index (χ1) is 8.62. The third-order valence-corrected chi connectivity index (χ3v) is 3.88. The first-order valence-electron chi connectivity index (χ1n) is 5.72. The van der Waals surface area contributed by atoms with E-state index in [1.54, 1.807) is 25.8 Å². The van der Waals surface area contributed by atoms with Gasteiger partial charge in [0.1, 0.15) is 5.75 Å². The van der Waals surface area contributed by atoms with Crippen molar-refractivity contribution in [3.8, 4) is 5.75 Å². The smallest absolute Gasteiger partial charge is 0.334 e. The molecule has 0 saturated heterocycles. The minimum absolute atomic E-state index is 0.270. The van der Waals surface area contributed by atoms with Crippen LogP contribution < -0.4 is 4.74 Å². The van der Waals surface area contributed by atoms with E-state index in [0.717, 1.165) is 22.0 Å². The van der Waals surface area contributed by atoms with Crippen molar-refractivity contribution in [1.29, 1.82) is 0 Å². The van der Waals surface area contributed by atoms with E-state index in [2.05, 4.69) is 0 Å². The highest BCUT2D eigenvalue weighted by atomic mass is 32.2. The van der Waals surface area contributed by atoms with Crippen LogP contribution in [0.4, 0.5) is 0 Å². The number of methoxy groups -OCH3 is 2. The molecule has 4 heteroatoms. The number of carbonyl (C=O) groups excluding carboxylic acids is 1. The summed E-state index contributed by atoms with van der Waals surface area (Å²) in [6, 6.07) is 7.76. The molecule has 3 nitrogen and oxygen atoms in total. The molecule has 0 bridgehead atoms. The molecule has 0 spiro atoms. The molecular weight excluding hydrogens is 248 g/mol. The quantitative estimate of drug-likeness (QED) is 0.463. The van der Waals surface area contributed by atoms with Crippen LogP contribution in [0.2, 0.25) is 0 Å². The van der Waals surface area contributed by atoms with Crippen molar-refractivity contribution in [2.75, 3.05) is 14.2 Å². The number of ether oxygens (including phenoxy) is 2. The van der Waals surface area contributed by atoms with Gasteiger partial charge in [-0.25, -0.2) is 4.79 Å². The summed E-state index contributed by atoms with van der Waals surface area (Å²) >= 11 is 1.58. The molecule has 0 fully saturated rings. The maximum Gasteiger partial charge on any atom is 0.334 e. The van der Waals surface area contributed by atoms with Crippen LogP contribution in [0.15, 0.2) is 39.6 Å². The molecule has 0 N–H and O–H groups in total. The van der Waals surface area contributed by atoms with Crippen molar-refractivity contribution in [3.63, 3.8) is 0 Å². The van der Waals surface area contributed by atoms with E-state index in [1.807, 2.05) is 31.2 Å². The summed E-state index contributed by atoms with van der Waals surface area (Å²) in [7, 11) is 3.04. The lowest BCUT2D eigenvalue weighted by atomic mass is 10.2. The molecular formula is C14H18O3S. The van der Waals surface area contributed by atoms with Gasteiger partial charge in [0.25, 0.3) is 0 Å². The molecule has 0 aliphatic rings. The number of esters is 1. The maximum atomic E-state index is 11.5. The van der Waals surface area contributed by atoms with E-state index in [0.29, 0.717) is 5.57 Å². The number of rotatable bonds is 5. The predicted molar refractivity (Wildman–Crippen MR) is 73.9 cm³/mol. The van der Waals surface area contributed by atoms with Crippen LogP contribution in [0, 0.1) is 0 Å². The zero-order valence-electron chi connectivity index (χ0n) is 11.1. The second-order valence-electron chi connectivity index (χ2n) is 3.67. The summed E-state index contributed by atoms with van der Waals surface area (Å²) in [5, 5.41) is 0. The van der Waals surface area contributed by atoms with Crippen molar-refractivity contribution < 1.29 is 14.3 Å². The molecule has 0 radical (unpaired) electrons. The van der Waals surface area contributed by atoms with Crippen molar-refractivity contribution in [3.05, 3.63) is 34.7 Å². The summed E-state index contributed by atoms with van der Waals surface area (Å²) in [5.41, 5.74) is 0.667. The molecule has 0 amide bonds. The summed E-state index contributed by atoms with van der Waals surface area (Å²) in [6.07, 6.45) is 0.803. The third kappa shape index (κ3) is 3.81. The molecule has 0 aliphatic carbocycles. The molecule has 0 heterocycles. The largest absolute Gasteiger partial charge is 0.497 e. The predicted octanol–water partition coefficient (Wildman–Crippen LogP) is 3.64. The van der Waals surface area contributed by atoms with Crippen LogP contribution in [0.25, 0.3) is 0 Å². The Labute approximate surface area is 112 Å².